The molecule has 1 saturated carbocycles. The van der Waals surface area contributed by atoms with Crippen LogP contribution >= 0.6 is 11.3 Å². The second kappa shape index (κ2) is 17.1. The summed E-state index contributed by atoms with van der Waals surface area (Å²) in [6, 6.07) is 8.56. The number of hydrogen-bond donors (Lipinski definition) is 2. The fourth-order valence-electron chi connectivity index (χ4n) is 8.91. The van der Waals surface area contributed by atoms with E-state index in [9.17, 15) is 46.1 Å². The molecule has 1 aromatic carbocycles. The van der Waals surface area contributed by atoms with Crippen LogP contribution in [0, 0.1) is 5.41 Å². The molecule has 2 saturated heterocycles. The topological polar surface area (TPSA) is 112 Å². The average molecular weight is 826 g/mol. The van der Waals surface area contributed by atoms with Crippen LogP contribution in [0.4, 0.5) is 26.3 Å². The van der Waals surface area contributed by atoms with Crippen LogP contribution in [0.2, 0.25) is 0 Å². The third-order valence-electron chi connectivity index (χ3n) is 11.9. The lowest BCUT2D eigenvalue weighted by Gasteiger charge is -2.51. The Bertz CT molecular complexity index is 1860. The van der Waals surface area contributed by atoms with E-state index in [0.717, 1.165) is 73.2 Å². The zero-order valence-corrected chi connectivity index (χ0v) is 32.7. The molecular formula is C41H49F6N3O6S. The number of likely N-dealkylation sites (tertiary alicyclic amines) is 2. The van der Waals surface area contributed by atoms with Crippen LogP contribution in [0.1, 0.15) is 110 Å². The molecule has 2 atom stereocenters. The maximum absolute atomic E-state index is 15.0. The molecule has 3 aliphatic rings. The summed E-state index contributed by atoms with van der Waals surface area (Å²) in [4.78, 5) is 34.5. The first-order valence-corrected chi connectivity index (χ1v) is 20.5. The monoisotopic (exact) mass is 825 g/mol. The maximum Gasteiger partial charge on any atom is 0.425 e. The third-order valence-corrected chi connectivity index (χ3v) is 12.8. The Kier molecular flexibility index (Phi) is 12.8. The van der Waals surface area contributed by atoms with Crippen molar-refractivity contribution >= 4 is 23.2 Å². The van der Waals surface area contributed by atoms with Gasteiger partial charge in [0.2, 0.25) is 5.60 Å². The highest BCUT2D eigenvalue weighted by Crippen LogP contribution is 2.45. The molecule has 0 spiro atoms. The van der Waals surface area contributed by atoms with Crippen molar-refractivity contribution in [2.24, 2.45) is 5.41 Å². The van der Waals surface area contributed by atoms with Gasteiger partial charge in [0.15, 0.2) is 0 Å². The Hall–Kier alpha value is -3.89. The molecule has 2 amide bonds. The van der Waals surface area contributed by atoms with E-state index in [1.165, 1.54) is 4.90 Å². The first-order chi connectivity index (χ1) is 27.1. The Labute approximate surface area is 332 Å². The van der Waals surface area contributed by atoms with Crippen LogP contribution in [0.3, 0.4) is 0 Å². The Morgan fingerprint density at radius 2 is 1.67 bits per heavy atom. The SMILES string of the molecule is CCC[C@H]1N(C(=O)c2ncccc2C(F)(F)F)CCC[C@@]1(Oc1csc(C(F)(F)F)c1)C(=O)N1CCC(O)(c2ccccc2OCCCC2(CO)CCCC2)CC1. The molecule has 9 nitrogen and oxygen atoms in total. The lowest BCUT2D eigenvalue weighted by molar-refractivity contribution is -0.163. The standard InChI is InChI=1S/C41H49F6N3O6S/c1-2-10-32-39(56-28-25-33(57-26-28)41(45,46)47,17-8-21-50(32)35(52)34-30(40(42,43)44)12-7-20-48-34)36(53)49-22-18-38(54,19-23-49)29-11-3-4-13-31(29)55-24-9-16-37(27-51)14-5-6-15-37/h3-4,7,11-13,20,25-26,32,51,54H,2,5-6,8-10,14-19,21-24,27H2,1H3/t32-,39+/m1/s1. The minimum atomic E-state index is -4.91. The van der Waals surface area contributed by atoms with Gasteiger partial charge in [0.05, 0.1) is 23.8 Å². The van der Waals surface area contributed by atoms with Crippen molar-refractivity contribution in [1.82, 2.24) is 14.8 Å². The number of aromatic nitrogens is 1. The van der Waals surface area contributed by atoms with E-state index in [4.69, 9.17) is 9.47 Å². The van der Waals surface area contributed by atoms with Gasteiger partial charge in [0.1, 0.15) is 22.1 Å². The minimum Gasteiger partial charge on any atom is -0.493 e. The van der Waals surface area contributed by atoms with Crippen molar-refractivity contribution in [1.29, 1.82) is 0 Å². The van der Waals surface area contributed by atoms with Crippen LogP contribution in [0.15, 0.2) is 54.0 Å². The molecule has 312 valence electrons. The molecule has 4 heterocycles. The number of amides is 2. The molecule has 6 rings (SSSR count). The number of ether oxygens (including phenoxy) is 2. The lowest BCUT2D eigenvalue weighted by atomic mass is 9.78. The van der Waals surface area contributed by atoms with Gasteiger partial charge in [-0.15, -0.1) is 11.3 Å². The molecule has 0 radical (unpaired) electrons. The van der Waals surface area contributed by atoms with E-state index in [1.807, 2.05) is 0 Å². The zero-order valence-electron chi connectivity index (χ0n) is 31.8. The van der Waals surface area contributed by atoms with Gasteiger partial charge in [0.25, 0.3) is 11.8 Å². The number of rotatable bonds is 13. The van der Waals surface area contributed by atoms with Gasteiger partial charge in [-0.05, 0) is 75.0 Å². The van der Waals surface area contributed by atoms with Crippen LogP contribution < -0.4 is 9.47 Å². The normalized spacial score (nSPS) is 22.4. The summed E-state index contributed by atoms with van der Waals surface area (Å²) < 4.78 is 95.9. The van der Waals surface area contributed by atoms with Gasteiger partial charge >= 0.3 is 12.4 Å². The van der Waals surface area contributed by atoms with E-state index in [0.29, 0.717) is 35.7 Å². The van der Waals surface area contributed by atoms with Crippen molar-refractivity contribution in [3.8, 4) is 11.5 Å². The molecule has 57 heavy (non-hydrogen) atoms. The summed E-state index contributed by atoms with van der Waals surface area (Å²) >= 11 is 0.381. The second-order valence-corrected chi connectivity index (χ2v) is 16.5. The molecular weight excluding hydrogens is 777 g/mol. The molecule has 3 fully saturated rings. The molecule has 2 aromatic heterocycles. The van der Waals surface area contributed by atoms with Crippen molar-refractivity contribution < 1.29 is 55.6 Å². The average Bonchev–Trinajstić information content (AvgIpc) is 3.88. The maximum atomic E-state index is 15.0. The van der Waals surface area contributed by atoms with Gasteiger partial charge in [-0.3, -0.25) is 14.6 Å². The van der Waals surface area contributed by atoms with Crippen molar-refractivity contribution in [2.45, 2.75) is 114 Å². The van der Waals surface area contributed by atoms with Gasteiger partial charge in [-0.25, -0.2) is 0 Å². The number of aliphatic hydroxyl groups is 2. The van der Waals surface area contributed by atoms with E-state index in [-0.39, 0.29) is 69.5 Å². The molecule has 2 N–H and O–H groups in total. The number of carbonyl (C=O) groups excluding carboxylic acids is 2. The van der Waals surface area contributed by atoms with E-state index in [2.05, 4.69) is 4.98 Å². The largest absolute Gasteiger partial charge is 0.493 e. The van der Waals surface area contributed by atoms with Crippen LogP contribution in [0.25, 0.3) is 0 Å². The number of nitrogens with zero attached hydrogens (tertiary/aromatic N) is 3. The van der Waals surface area contributed by atoms with Gasteiger partial charge < -0.3 is 29.5 Å². The predicted octanol–water partition coefficient (Wildman–Crippen LogP) is 8.63. The predicted molar refractivity (Wildman–Crippen MR) is 200 cm³/mol. The third kappa shape index (κ3) is 9.07. The molecule has 0 unspecified atom stereocenters. The summed E-state index contributed by atoms with van der Waals surface area (Å²) in [7, 11) is 0. The first-order valence-electron chi connectivity index (χ1n) is 19.6. The summed E-state index contributed by atoms with van der Waals surface area (Å²) in [6.45, 7) is 2.27. The minimum absolute atomic E-state index is 0.0104. The second-order valence-electron chi connectivity index (χ2n) is 15.6. The number of benzene rings is 1. The molecule has 1 aliphatic carbocycles. The van der Waals surface area contributed by atoms with Gasteiger partial charge in [-0.2, -0.15) is 26.3 Å². The van der Waals surface area contributed by atoms with E-state index >= 15 is 0 Å². The Morgan fingerprint density at radius 1 is 0.947 bits per heavy atom. The van der Waals surface area contributed by atoms with Gasteiger partial charge in [-0.1, -0.05) is 44.4 Å². The first kappa shape index (κ1) is 42.7. The number of aliphatic hydroxyl groups excluding tert-OH is 1. The summed E-state index contributed by atoms with van der Waals surface area (Å²) in [6.07, 6.45) is -2.14. The van der Waals surface area contributed by atoms with Crippen LogP contribution in [-0.4, -0.2) is 81.3 Å². The van der Waals surface area contributed by atoms with Crippen molar-refractivity contribution in [2.75, 3.05) is 32.8 Å². The number of halogens is 6. The number of carbonyl (C=O) groups is 2. The summed E-state index contributed by atoms with van der Waals surface area (Å²) in [5.74, 6) is -1.45. The molecule has 0 bridgehead atoms. The van der Waals surface area contributed by atoms with E-state index < -0.39 is 57.5 Å². The quantitative estimate of drug-likeness (QED) is 0.131. The zero-order chi connectivity index (χ0) is 41.1. The highest BCUT2D eigenvalue weighted by atomic mass is 32.1. The Balaban J connectivity index is 1.26. The van der Waals surface area contributed by atoms with E-state index in [1.54, 1.807) is 31.2 Å². The summed E-state index contributed by atoms with van der Waals surface area (Å²) in [5.41, 5.74) is -4.99. The Morgan fingerprint density at radius 3 is 2.32 bits per heavy atom. The smallest absolute Gasteiger partial charge is 0.425 e. The molecule has 3 aromatic rings. The number of para-hydroxylation sites is 1. The van der Waals surface area contributed by atoms with Crippen molar-refractivity contribution in [3.63, 3.8) is 0 Å². The van der Waals surface area contributed by atoms with Crippen LogP contribution in [0.5, 0.6) is 11.5 Å². The highest BCUT2D eigenvalue weighted by molar-refractivity contribution is 7.10. The summed E-state index contributed by atoms with van der Waals surface area (Å²) in [5, 5.41) is 23.2. The highest BCUT2D eigenvalue weighted by Gasteiger charge is 2.57. The molecule has 2 aliphatic heterocycles. The van der Waals surface area contributed by atoms with Crippen molar-refractivity contribution in [3.05, 3.63) is 75.7 Å². The van der Waals surface area contributed by atoms with Crippen LogP contribution in [-0.2, 0) is 22.7 Å². The number of alkyl halides is 6. The van der Waals surface area contributed by atoms with Gasteiger partial charge in [0, 0.05) is 55.9 Å². The fraction of sp³-hybridized carbons (Fsp3) is 0.585. The number of hydrogen-bond acceptors (Lipinski definition) is 8. The lowest BCUT2D eigenvalue weighted by Crippen LogP contribution is -2.68. The number of thiophene rings is 1. The number of pyridine rings is 1. The number of piperidine rings is 2. The molecule has 16 heteroatoms. The fourth-order valence-corrected chi connectivity index (χ4v) is 9.59.